The number of piperidine rings is 1. The Balaban J connectivity index is 1.38. The van der Waals surface area contributed by atoms with Gasteiger partial charge in [-0.1, -0.05) is 37.3 Å². The van der Waals surface area contributed by atoms with Gasteiger partial charge in [0.15, 0.2) is 5.13 Å². The Kier molecular flexibility index (Phi) is 5.68. The first-order valence-corrected chi connectivity index (χ1v) is 9.54. The van der Waals surface area contributed by atoms with Gasteiger partial charge in [0.05, 0.1) is 10.2 Å². The molecule has 1 aromatic heterocycles. The van der Waals surface area contributed by atoms with Crippen molar-refractivity contribution in [3.05, 3.63) is 24.3 Å². The van der Waals surface area contributed by atoms with Gasteiger partial charge in [0.25, 0.3) is 0 Å². The van der Waals surface area contributed by atoms with Crippen LogP contribution in [0.1, 0.15) is 26.7 Å². The Hall–Kier alpha value is -1.66. The van der Waals surface area contributed by atoms with Crippen LogP contribution in [0, 0.1) is 11.8 Å². The summed E-state index contributed by atoms with van der Waals surface area (Å²) in [7, 11) is 0. The number of hydrogen-bond donors (Lipinski definition) is 2. The zero-order valence-electron chi connectivity index (χ0n) is 14.4. The van der Waals surface area contributed by atoms with Crippen LogP contribution in [-0.4, -0.2) is 42.1 Å². The fourth-order valence-corrected chi connectivity index (χ4v) is 4.41. The minimum atomic E-state index is -0.172. The summed E-state index contributed by atoms with van der Waals surface area (Å²) < 4.78 is 1.08. The van der Waals surface area contributed by atoms with Crippen molar-refractivity contribution in [1.82, 2.24) is 15.2 Å². The molecule has 1 saturated heterocycles. The van der Waals surface area contributed by atoms with E-state index in [0.717, 1.165) is 35.0 Å². The Labute approximate surface area is 147 Å². The lowest BCUT2D eigenvalue weighted by molar-refractivity contribution is 0.140. The van der Waals surface area contributed by atoms with E-state index in [0.29, 0.717) is 11.7 Å². The molecular formula is C18H26N4OS. The number of nitrogens with zero attached hydrogens (tertiary/aromatic N) is 2. The van der Waals surface area contributed by atoms with E-state index in [4.69, 9.17) is 0 Å². The van der Waals surface area contributed by atoms with Gasteiger partial charge in [-0.2, -0.15) is 0 Å². The average Bonchev–Trinajstić information content (AvgIpc) is 2.92. The van der Waals surface area contributed by atoms with Crippen LogP contribution < -0.4 is 10.6 Å². The van der Waals surface area contributed by atoms with Crippen molar-refractivity contribution in [2.24, 2.45) is 11.8 Å². The average molecular weight is 347 g/mol. The van der Waals surface area contributed by atoms with Crippen molar-refractivity contribution in [3.8, 4) is 0 Å². The molecular weight excluding hydrogens is 320 g/mol. The van der Waals surface area contributed by atoms with Gasteiger partial charge >= 0.3 is 6.03 Å². The van der Waals surface area contributed by atoms with Crippen LogP contribution in [0.4, 0.5) is 9.93 Å². The molecule has 2 heterocycles. The van der Waals surface area contributed by atoms with Gasteiger partial charge in [-0.15, -0.1) is 0 Å². The van der Waals surface area contributed by atoms with Crippen molar-refractivity contribution in [2.75, 3.05) is 31.5 Å². The molecule has 1 aliphatic rings. The molecule has 5 nitrogen and oxygen atoms in total. The maximum atomic E-state index is 12.0. The third-order valence-electron chi connectivity index (χ3n) is 4.40. The molecule has 1 fully saturated rings. The number of rotatable bonds is 5. The van der Waals surface area contributed by atoms with Crippen molar-refractivity contribution in [3.63, 3.8) is 0 Å². The summed E-state index contributed by atoms with van der Waals surface area (Å²) in [6.45, 7) is 8.76. The highest BCUT2D eigenvalue weighted by Crippen LogP contribution is 2.25. The van der Waals surface area contributed by atoms with Gasteiger partial charge in [0.1, 0.15) is 0 Å². The highest BCUT2D eigenvalue weighted by molar-refractivity contribution is 7.22. The minimum absolute atomic E-state index is 0.172. The van der Waals surface area contributed by atoms with Crippen LogP contribution in [0.15, 0.2) is 24.3 Å². The Bertz CT molecular complexity index is 643. The highest BCUT2D eigenvalue weighted by Gasteiger charge is 2.21. The SMILES string of the molecule is CC1CC(C)CN(CCCNC(=O)Nc2nc3ccccc3s2)C1. The van der Waals surface area contributed by atoms with Crippen molar-refractivity contribution < 1.29 is 4.79 Å². The molecule has 24 heavy (non-hydrogen) atoms. The lowest BCUT2D eigenvalue weighted by Gasteiger charge is -2.34. The molecule has 0 aliphatic carbocycles. The summed E-state index contributed by atoms with van der Waals surface area (Å²) in [5.41, 5.74) is 0.922. The molecule has 2 amide bonds. The summed E-state index contributed by atoms with van der Waals surface area (Å²) in [6, 6.07) is 7.72. The molecule has 2 aromatic rings. The molecule has 0 bridgehead atoms. The quantitative estimate of drug-likeness (QED) is 0.810. The van der Waals surface area contributed by atoms with Gasteiger partial charge in [-0.05, 0) is 43.4 Å². The normalized spacial score (nSPS) is 21.8. The number of fused-ring (bicyclic) bond motifs is 1. The highest BCUT2D eigenvalue weighted by atomic mass is 32.1. The Morgan fingerprint density at radius 2 is 2.04 bits per heavy atom. The molecule has 2 N–H and O–H groups in total. The van der Waals surface area contributed by atoms with Crippen LogP contribution in [-0.2, 0) is 0 Å². The first kappa shape index (κ1) is 17.2. The van der Waals surface area contributed by atoms with Crippen LogP contribution >= 0.6 is 11.3 Å². The fourth-order valence-electron chi connectivity index (χ4n) is 3.55. The molecule has 0 spiro atoms. The number of carbonyl (C=O) groups excluding carboxylic acids is 1. The molecule has 6 heteroatoms. The van der Waals surface area contributed by atoms with E-state index < -0.39 is 0 Å². The lowest BCUT2D eigenvalue weighted by atomic mass is 9.92. The monoisotopic (exact) mass is 346 g/mol. The first-order chi connectivity index (χ1) is 11.6. The van der Waals surface area contributed by atoms with Crippen LogP contribution in [0.2, 0.25) is 0 Å². The van der Waals surface area contributed by atoms with Gasteiger partial charge < -0.3 is 10.2 Å². The summed E-state index contributed by atoms with van der Waals surface area (Å²) >= 11 is 1.50. The minimum Gasteiger partial charge on any atom is -0.338 e. The summed E-state index contributed by atoms with van der Waals surface area (Å²) in [6.07, 6.45) is 2.31. The van der Waals surface area contributed by atoms with E-state index in [2.05, 4.69) is 34.4 Å². The van der Waals surface area contributed by atoms with E-state index >= 15 is 0 Å². The number of anilines is 1. The number of para-hydroxylation sites is 1. The standard InChI is InChI=1S/C18H26N4OS/c1-13-10-14(2)12-22(11-13)9-5-8-19-17(23)21-18-20-15-6-3-4-7-16(15)24-18/h3-4,6-7,13-14H,5,8-12H2,1-2H3,(H2,19,20,21,23). The Morgan fingerprint density at radius 3 is 2.79 bits per heavy atom. The number of nitrogens with one attached hydrogen (secondary N) is 2. The predicted octanol–water partition coefficient (Wildman–Crippen LogP) is 3.79. The molecule has 130 valence electrons. The molecule has 1 aliphatic heterocycles. The summed E-state index contributed by atoms with van der Waals surface area (Å²) in [5.74, 6) is 1.56. The van der Waals surface area contributed by atoms with Crippen LogP contribution in [0.25, 0.3) is 10.2 Å². The molecule has 2 atom stereocenters. The largest absolute Gasteiger partial charge is 0.338 e. The zero-order valence-corrected chi connectivity index (χ0v) is 15.2. The van der Waals surface area contributed by atoms with Gasteiger partial charge in [0.2, 0.25) is 0 Å². The second kappa shape index (κ2) is 7.94. The molecule has 1 aromatic carbocycles. The number of carbonyl (C=O) groups is 1. The van der Waals surface area contributed by atoms with E-state index in [1.807, 2.05) is 24.3 Å². The fraction of sp³-hybridized carbons (Fsp3) is 0.556. The van der Waals surface area contributed by atoms with E-state index in [9.17, 15) is 4.79 Å². The van der Waals surface area contributed by atoms with Gasteiger partial charge in [-0.25, -0.2) is 9.78 Å². The zero-order chi connectivity index (χ0) is 16.9. The molecule has 0 radical (unpaired) electrons. The summed E-state index contributed by atoms with van der Waals surface area (Å²) in [4.78, 5) is 18.9. The smallest absolute Gasteiger partial charge is 0.321 e. The van der Waals surface area contributed by atoms with E-state index in [1.54, 1.807) is 0 Å². The first-order valence-electron chi connectivity index (χ1n) is 8.73. The number of benzene rings is 1. The van der Waals surface area contributed by atoms with E-state index in [-0.39, 0.29) is 6.03 Å². The van der Waals surface area contributed by atoms with Gasteiger partial charge in [-0.3, -0.25) is 5.32 Å². The predicted molar refractivity (Wildman–Crippen MR) is 101 cm³/mol. The molecule has 3 rings (SSSR count). The lowest BCUT2D eigenvalue weighted by Crippen LogP contribution is -2.40. The van der Waals surface area contributed by atoms with Crippen LogP contribution in [0.5, 0.6) is 0 Å². The molecule has 0 saturated carbocycles. The van der Waals surface area contributed by atoms with Crippen molar-refractivity contribution >= 4 is 32.7 Å². The number of aromatic nitrogens is 1. The number of thiazole rings is 1. The second-order valence-electron chi connectivity index (χ2n) is 6.93. The maximum Gasteiger partial charge on any atom is 0.321 e. The number of likely N-dealkylation sites (tertiary alicyclic amines) is 1. The van der Waals surface area contributed by atoms with Crippen molar-refractivity contribution in [2.45, 2.75) is 26.7 Å². The number of urea groups is 1. The van der Waals surface area contributed by atoms with Gasteiger partial charge in [0, 0.05) is 19.6 Å². The molecule has 2 unspecified atom stereocenters. The third-order valence-corrected chi connectivity index (χ3v) is 5.35. The van der Waals surface area contributed by atoms with E-state index in [1.165, 1.54) is 30.8 Å². The number of hydrogen-bond acceptors (Lipinski definition) is 4. The summed E-state index contributed by atoms with van der Waals surface area (Å²) in [5, 5.41) is 6.40. The maximum absolute atomic E-state index is 12.0. The van der Waals surface area contributed by atoms with Crippen molar-refractivity contribution in [1.29, 1.82) is 0 Å². The number of amides is 2. The third kappa shape index (κ3) is 4.68. The Morgan fingerprint density at radius 1 is 1.29 bits per heavy atom. The second-order valence-corrected chi connectivity index (χ2v) is 7.96. The topological polar surface area (TPSA) is 57.3 Å². The van der Waals surface area contributed by atoms with Crippen LogP contribution in [0.3, 0.4) is 0 Å².